The molecule has 35 heavy (non-hydrogen) atoms. The van der Waals surface area contributed by atoms with E-state index in [9.17, 15) is 14.4 Å². The average Bonchev–Trinajstić information content (AvgIpc) is 3.57. The van der Waals surface area contributed by atoms with Gasteiger partial charge < -0.3 is 19.2 Å². The molecule has 1 atom stereocenters. The van der Waals surface area contributed by atoms with Crippen LogP contribution in [0.15, 0.2) is 76.4 Å². The van der Waals surface area contributed by atoms with Crippen molar-refractivity contribution in [2.45, 2.75) is 19.4 Å². The predicted molar refractivity (Wildman–Crippen MR) is 127 cm³/mol. The number of methoxy groups -OCH3 is 1. The van der Waals surface area contributed by atoms with Crippen LogP contribution in [0.4, 0.5) is 0 Å². The molecule has 1 aliphatic rings. The summed E-state index contributed by atoms with van der Waals surface area (Å²) in [4.78, 5) is 37.3. The van der Waals surface area contributed by atoms with Crippen molar-refractivity contribution < 1.29 is 28.3 Å². The molecule has 2 aromatic carbocycles. The summed E-state index contributed by atoms with van der Waals surface area (Å²) < 4.78 is 15.7. The van der Waals surface area contributed by atoms with Crippen LogP contribution in [0.3, 0.4) is 0 Å². The molecule has 0 aliphatic carbocycles. The molecule has 1 aromatic heterocycles. The number of hydrogen-bond acceptors (Lipinski definition) is 7. The van der Waals surface area contributed by atoms with Gasteiger partial charge in [-0.3, -0.25) is 14.4 Å². The van der Waals surface area contributed by atoms with E-state index in [-0.39, 0.29) is 6.54 Å². The molecule has 0 fully saturated rings. The lowest BCUT2D eigenvalue weighted by Gasteiger charge is -2.19. The Hall–Kier alpha value is -4.40. The van der Waals surface area contributed by atoms with Crippen molar-refractivity contribution in [3.63, 3.8) is 0 Å². The summed E-state index contributed by atoms with van der Waals surface area (Å²) in [6.45, 7) is 1.10. The molecule has 0 spiro atoms. The highest BCUT2D eigenvalue weighted by atomic mass is 16.5. The third-order valence-corrected chi connectivity index (χ3v) is 5.52. The highest BCUT2D eigenvalue weighted by Gasteiger charge is 2.35. The van der Waals surface area contributed by atoms with Crippen molar-refractivity contribution in [1.82, 2.24) is 10.3 Å². The second-order valence-corrected chi connectivity index (χ2v) is 7.96. The van der Waals surface area contributed by atoms with Gasteiger partial charge in [0.1, 0.15) is 24.1 Å². The topological polar surface area (TPSA) is 110 Å². The number of benzene rings is 2. The second kappa shape index (κ2) is 10.7. The minimum atomic E-state index is -0.739. The van der Waals surface area contributed by atoms with Crippen LogP contribution in [-0.2, 0) is 14.3 Å². The minimum Gasteiger partial charge on any atom is -0.497 e. The van der Waals surface area contributed by atoms with Gasteiger partial charge >= 0.3 is 5.97 Å². The molecule has 1 aliphatic heterocycles. The maximum absolute atomic E-state index is 12.9. The SMILES string of the molecule is COc1ccc(C(=O)NCC(=O)OCC(=O)N2N=C(c3ccc(C)cc3)CC2c2ccco2)cc1. The van der Waals surface area contributed by atoms with Crippen molar-refractivity contribution in [1.29, 1.82) is 0 Å². The van der Waals surface area contributed by atoms with Gasteiger partial charge in [-0.15, -0.1) is 0 Å². The average molecular weight is 476 g/mol. The zero-order chi connectivity index (χ0) is 24.8. The molecule has 4 rings (SSSR count). The molecule has 1 unspecified atom stereocenters. The summed E-state index contributed by atoms with van der Waals surface area (Å²) in [6.07, 6.45) is 2.00. The lowest BCUT2D eigenvalue weighted by molar-refractivity contribution is -0.152. The molecular weight excluding hydrogens is 450 g/mol. The molecule has 0 saturated carbocycles. The smallest absolute Gasteiger partial charge is 0.325 e. The fourth-order valence-electron chi connectivity index (χ4n) is 3.62. The van der Waals surface area contributed by atoms with Gasteiger partial charge in [0.05, 0.1) is 19.1 Å². The van der Waals surface area contributed by atoms with Gasteiger partial charge in [-0.05, 0) is 48.9 Å². The van der Waals surface area contributed by atoms with Crippen LogP contribution < -0.4 is 10.1 Å². The summed E-state index contributed by atoms with van der Waals surface area (Å²) in [5, 5.41) is 8.26. The lowest BCUT2D eigenvalue weighted by Crippen LogP contribution is -2.34. The fourth-order valence-corrected chi connectivity index (χ4v) is 3.62. The van der Waals surface area contributed by atoms with Crippen LogP contribution in [0.2, 0.25) is 0 Å². The van der Waals surface area contributed by atoms with Crippen molar-refractivity contribution in [3.05, 3.63) is 89.4 Å². The number of carbonyl (C=O) groups excluding carboxylic acids is 3. The quantitative estimate of drug-likeness (QED) is 0.501. The standard InChI is InChI=1S/C26H25N3O6/c1-17-5-7-18(8-6-17)21-14-22(23-4-3-13-34-23)29(28-21)24(30)16-35-25(31)15-27-26(32)19-9-11-20(33-2)12-10-19/h3-13,22H,14-16H2,1-2H3,(H,27,32). The lowest BCUT2D eigenvalue weighted by atomic mass is 10.0. The Morgan fingerprint density at radius 1 is 1.09 bits per heavy atom. The van der Waals surface area contributed by atoms with E-state index >= 15 is 0 Å². The summed E-state index contributed by atoms with van der Waals surface area (Å²) in [5.41, 5.74) is 3.12. The Labute approximate surface area is 202 Å². The maximum atomic E-state index is 12.9. The first-order valence-electron chi connectivity index (χ1n) is 11.0. The van der Waals surface area contributed by atoms with Crippen molar-refractivity contribution >= 4 is 23.5 Å². The Kier molecular flexibility index (Phi) is 7.25. The zero-order valence-corrected chi connectivity index (χ0v) is 19.4. The van der Waals surface area contributed by atoms with Gasteiger partial charge in [0, 0.05) is 12.0 Å². The largest absolute Gasteiger partial charge is 0.497 e. The first-order chi connectivity index (χ1) is 16.9. The van der Waals surface area contributed by atoms with E-state index < -0.39 is 30.4 Å². The Morgan fingerprint density at radius 2 is 1.83 bits per heavy atom. The fraction of sp³-hybridized carbons (Fsp3) is 0.231. The highest BCUT2D eigenvalue weighted by Crippen LogP contribution is 2.33. The molecule has 1 N–H and O–H groups in total. The number of furan rings is 1. The molecule has 0 bridgehead atoms. The maximum Gasteiger partial charge on any atom is 0.325 e. The van der Waals surface area contributed by atoms with Crippen LogP contribution in [0.1, 0.15) is 39.7 Å². The normalized spacial score (nSPS) is 14.9. The Bertz CT molecular complexity index is 1220. The number of nitrogens with zero attached hydrogens (tertiary/aromatic N) is 2. The molecule has 9 nitrogen and oxygen atoms in total. The number of hydrogen-bond donors (Lipinski definition) is 1. The summed E-state index contributed by atoms with van der Waals surface area (Å²) in [5.74, 6) is -0.481. The van der Waals surface area contributed by atoms with Gasteiger partial charge in [-0.2, -0.15) is 5.10 Å². The highest BCUT2D eigenvalue weighted by molar-refractivity contribution is 6.03. The summed E-state index contributed by atoms with van der Waals surface area (Å²) in [7, 11) is 1.53. The minimum absolute atomic E-state index is 0.367. The predicted octanol–water partition coefficient (Wildman–Crippen LogP) is 3.25. The van der Waals surface area contributed by atoms with Gasteiger partial charge in [0.2, 0.25) is 0 Å². The van der Waals surface area contributed by atoms with E-state index in [1.165, 1.54) is 18.4 Å². The van der Waals surface area contributed by atoms with Gasteiger partial charge in [-0.1, -0.05) is 29.8 Å². The third-order valence-electron chi connectivity index (χ3n) is 5.52. The van der Waals surface area contributed by atoms with Crippen LogP contribution >= 0.6 is 0 Å². The molecule has 2 amide bonds. The molecule has 9 heteroatoms. The molecule has 3 aromatic rings. The Morgan fingerprint density at radius 3 is 2.49 bits per heavy atom. The van der Waals surface area contributed by atoms with Crippen LogP contribution in [0, 0.1) is 6.92 Å². The van der Waals surface area contributed by atoms with Crippen molar-refractivity contribution in [3.8, 4) is 5.75 Å². The number of ether oxygens (including phenoxy) is 2. The van der Waals surface area contributed by atoms with Crippen LogP contribution in [0.25, 0.3) is 0 Å². The molecule has 0 radical (unpaired) electrons. The summed E-state index contributed by atoms with van der Waals surface area (Å²) >= 11 is 0. The van der Waals surface area contributed by atoms with E-state index in [2.05, 4.69) is 10.4 Å². The summed E-state index contributed by atoms with van der Waals surface area (Å²) in [6, 6.07) is 17.4. The first-order valence-corrected chi connectivity index (χ1v) is 11.0. The monoisotopic (exact) mass is 475 g/mol. The van der Waals surface area contributed by atoms with E-state index in [1.807, 2.05) is 31.2 Å². The van der Waals surface area contributed by atoms with E-state index in [4.69, 9.17) is 13.9 Å². The number of amides is 2. The van der Waals surface area contributed by atoms with E-state index in [0.717, 1.165) is 16.8 Å². The first kappa shape index (κ1) is 23.7. The Balaban J connectivity index is 1.35. The third kappa shape index (κ3) is 5.75. The molecule has 2 heterocycles. The van der Waals surface area contributed by atoms with Crippen molar-refractivity contribution in [2.24, 2.45) is 5.10 Å². The molecular formula is C26H25N3O6. The van der Waals surface area contributed by atoms with Crippen LogP contribution in [0.5, 0.6) is 5.75 Å². The number of esters is 1. The molecule has 180 valence electrons. The van der Waals surface area contributed by atoms with Gasteiger partial charge in [0.15, 0.2) is 6.61 Å². The number of hydrazone groups is 1. The second-order valence-electron chi connectivity index (χ2n) is 7.96. The van der Waals surface area contributed by atoms with E-state index in [0.29, 0.717) is 23.5 Å². The molecule has 0 saturated heterocycles. The number of carbonyl (C=O) groups is 3. The van der Waals surface area contributed by atoms with Gasteiger partial charge in [-0.25, -0.2) is 5.01 Å². The number of rotatable bonds is 8. The number of nitrogens with one attached hydrogen (secondary N) is 1. The van der Waals surface area contributed by atoms with Crippen LogP contribution in [-0.4, -0.2) is 48.8 Å². The zero-order valence-electron chi connectivity index (χ0n) is 19.4. The van der Waals surface area contributed by atoms with Gasteiger partial charge in [0.25, 0.3) is 11.8 Å². The van der Waals surface area contributed by atoms with E-state index in [1.54, 1.807) is 36.4 Å². The van der Waals surface area contributed by atoms with Crippen molar-refractivity contribution in [2.75, 3.05) is 20.3 Å². The number of aryl methyl sites for hydroxylation is 1.